The van der Waals surface area contributed by atoms with Gasteiger partial charge in [-0.1, -0.05) is 39.3 Å². The second-order valence-corrected chi connectivity index (χ2v) is 9.35. The molecule has 1 aromatic heterocycles. The average molecular weight is 396 g/mol. The lowest BCUT2D eigenvalue weighted by molar-refractivity contribution is 0.0999. The van der Waals surface area contributed by atoms with Gasteiger partial charge in [-0.3, -0.25) is 9.69 Å². The Morgan fingerprint density at radius 3 is 2.69 bits per heavy atom. The van der Waals surface area contributed by atoms with Gasteiger partial charge in [-0.2, -0.15) is 0 Å². The molecule has 1 aliphatic heterocycles. The topological polar surface area (TPSA) is 75.4 Å². The lowest BCUT2D eigenvalue weighted by Gasteiger charge is -2.40. The summed E-state index contributed by atoms with van der Waals surface area (Å²) >= 11 is 0. The van der Waals surface area contributed by atoms with Crippen molar-refractivity contribution in [2.45, 2.75) is 46.1 Å². The zero-order valence-corrected chi connectivity index (χ0v) is 18.3. The predicted molar refractivity (Wildman–Crippen MR) is 118 cm³/mol. The third-order valence-corrected chi connectivity index (χ3v) is 5.27. The van der Waals surface area contributed by atoms with E-state index in [-0.39, 0.29) is 11.5 Å². The molecule has 0 unspecified atom stereocenters. The molecule has 1 aromatic carbocycles. The quantitative estimate of drug-likeness (QED) is 0.831. The van der Waals surface area contributed by atoms with Crippen LogP contribution in [-0.4, -0.2) is 48.0 Å². The average Bonchev–Trinajstić information content (AvgIpc) is 2.67. The molecule has 0 aliphatic carbocycles. The Bertz CT molecular complexity index is 872. The van der Waals surface area contributed by atoms with Crippen molar-refractivity contribution in [3.05, 3.63) is 41.7 Å². The molecule has 0 saturated carbocycles. The first-order valence-electron chi connectivity index (χ1n) is 10.3. The molecule has 1 atom stereocenters. The number of amides is 1. The maximum Gasteiger partial charge on any atom is 0.248 e. The molecule has 156 valence electrons. The highest BCUT2D eigenvalue weighted by atomic mass is 16.1. The van der Waals surface area contributed by atoms with Crippen LogP contribution in [0.1, 0.15) is 62.1 Å². The molecule has 2 heterocycles. The number of benzene rings is 1. The number of primary amides is 1. The number of hydrogen-bond acceptors (Lipinski definition) is 5. The Morgan fingerprint density at radius 1 is 1.28 bits per heavy atom. The number of nitrogens with two attached hydrogens (primary N) is 1. The fourth-order valence-electron chi connectivity index (χ4n) is 4.02. The van der Waals surface area contributed by atoms with Gasteiger partial charge in [0, 0.05) is 38.0 Å². The molecular formula is C23H33N5O. The van der Waals surface area contributed by atoms with Gasteiger partial charge in [-0.25, -0.2) is 9.97 Å². The zero-order chi connectivity index (χ0) is 21.2. The van der Waals surface area contributed by atoms with Gasteiger partial charge in [0.1, 0.15) is 0 Å². The highest BCUT2D eigenvalue weighted by molar-refractivity contribution is 5.94. The van der Waals surface area contributed by atoms with Crippen molar-refractivity contribution in [2.24, 2.45) is 11.1 Å². The van der Waals surface area contributed by atoms with Crippen molar-refractivity contribution >= 4 is 11.9 Å². The Hall–Kier alpha value is -2.47. The molecule has 29 heavy (non-hydrogen) atoms. The summed E-state index contributed by atoms with van der Waals surface area (Å²) in [5.74, 6) is 0.280. The van der Waals surface area contributed by atoms with Crippen LogP contribution in [0.25, 0.3) is 11.1 Å². The minimum Gasteiger partial charge on any atom is -0.366 e. The number of carbonyl (C=O) groups is 1. The van der Waals surface area contributed by atoms with Gasteiger partial charge in [0.2, 0.25) is 11.9 Å². The van der Waals surface area contributed by atoms with E-state index in [0.29, 0.717) is 11.5 Å². The minimum atomic E-state index is -0.425. The molecule has 1 aliphatic rings. The monoisotopic (exact) mass is 395 g/mol. The van der Waals surface area contributed by atoms with E-state index >= 15 is 0 Å². The Balaban J connectivity index is 2.11. The highest BCUT2D eigenvalue weighted by Gasteiger charge is 2.31. The zero-order valence-electron chi connectivity index (χ0n) is 18.3. The molecule has 1 fully saturated rings. The van der Waals surface area contributed by atoms with Gasteiger partial charge in [-0.05, 0) is 42.5 Å². The van der Waals surface area contributed by atoms with Crippen LogP contribution >= 0.6 is 0 Å². The summed E-state index contributed by atoms with van der Waals surface area (Å²) in [6.45, 7) is 8.92. The summed E-state index contributed by atoms with van der Waals surface area (Å²) < 4.78 is 0. The third-order valence-electron chi connectivity index (χ3n) is 5.27. The number of nitrogens with zero attached hydrogens (tertiary/aromatic N) is 4. The van der Waals surface area contributed by atoms with Crippen molar-refractivity contribution in [3.63, 3.8) is 0 Å². The molecule has 2 N–H and O–H groups in total. The van der Waals surface area contributed by atoms with Crippen LogP contribution in [0.4, 0.5) is 5.95 Å². The van der Waals surface area contributed by atoms with Gasteiger partial charge >= 0.3 is 0 Å². The van der Waals surface area contributed by atoms with Crippen molar-refractivity contribution in [3.8, 4) is 11.1 Å². The van der Waals surface area contributed by atoms with Crippen LogP contribution in [-0.2, 0) is 0 Å². The van der Waals surface area contributed by atoms with Gasteiger partial charge < -0.3 is 10.6 Å². The number of anilines is 1. The third kappa shape index (κ3) is 5.12. The number of piperidine rings is 1. The van der Waals surface area contributed by atoms with Crippen molar-refractivity contribution in [1.29, 1.82) is 0 Å². The summed E-state index contributed by atoms with van der Waals surface area (Å²) in [4.78, 5) is 25.7. The molecule has 6 heteroatoms. The molecule has 0 bridgehead atoms. The molecule has 2 aromatic rings. The molecule has 1 amide bonds. The molecular weight excluding hydrogens is 362 g/mol. The van der Waals surface area contributed by atoms with E-state index in [1.807, 2.05) is 43.4 Å². The molecule has 0 radical (unpaired) electrons. The van der Waals surface area contributed by atoms with Crippen molar-refractivity contribution in [2.75, 3.05) is 32.1 Å². The van der Waals surface area contributed by atoms with E-state index in [9.17, 15) is 4.79 Å². The smallest absolute Gasteiger partial charge is 0.248 e. The van der Waals surface area contributed by atoms with E-state index in [2.05, 4.69) is 30.7 Å². The normalized spacial score (nSPS) is 17.9. The van der Waals surface area contributed by atoms with Gasteiger partial charge in [0.05, 0.1) is 11.7 Å². The van der Waals surface area contributed by atoms with Crippen molar-refractivity contribution in [1.82, 2.24) is 14.9 Å². The van der Waals surface area contributed by atoms with Gasteiger partial charge in [0.15, 0.2) is 0 Å². The SMILES string of the molecule is CN(C)c1ncc(-c2cccc(C(N)=O)c2)c([C@@H]2CCCCN2CC(C)(C)C)n1. The number of likely N-dealkylation sites (tertiary alicyclic amines) is 1. The fourth-order valence-corrected chi connectivity index (χ4v) is 4.02. The number of hydrogen-bond donors (Lipinski definition) is 1. The van der Waals surface area contributed by atoms with Crippen LogP contribution < -0.4 is 10.6 Å². The highest BCUT2D eigenvalue weighted by Crippen LogP contribution is 2.38. The Labute approximate surface area is 174 Å². The van der Waals surface area contributed by atoms with Crippen LogP contribution in [0.2, 0.25) is 0 Å². The van der Waals surface area contributed by atoms with Crippen LogP contribution in [0.3, 0.4) is 0 Å². The van der Waals surface area contributed by atoms with Crippen LogP contribution in [0.15, 0.2) is 30.5 Å². The largest absolute Gasteiger partial charge is 0.366 e. The lowest BCUT2D eigenvalue weighted by atomic mass is 9.89. The molecule has 6 nitrogen and oxygen atoms in total. The van der Waals surface area contributed by atoms with Gasteiger partial charge in [0.25, 0.3) is 0 Å². The van der Waals surface area contributed by atoms with E-state index in [1.54, 1.807) is 6.07 Å². The maximum absolute atomic E-state index is 11.7. The Morgan fingerprint density at radius 2 is 2.03 bits per heavy atom. The first kappa shape index (κ1) is 21.2. The van der Waals surface area contributed by atoms with E-state index < -0.39 is 5.91 Å². The number of rotatable bonds is 5. The summed E-state index contributed by atoms with van der Waals surface area (Å²) in [6.07, 6.45) is 5.36. The number of carbonyl (C=O) groups excluding carboxylic acids is 1. The second kappa shape index (κ2) is 8.49. The fraction of sp³-hybridized carbons (Fsp3) is 0.522. The van der Waals surface area contributed by atoms with Crippen LogP contribution in [0, 0.1) is 5.41 Å². The minimum absolute atomic E-state index is 0.207. The predicted octanol–water partition coefficient (Wildman–Crippen LogP) is 3.88. The molecule has 3 rings (SSSR count). The summed E-state index contributed by atoms with van der Waals surface area (Å²) in [5.41, 5.74) is 9.17. The summed E-state index contributed by atoms with van der Waals surface area (Å²) in [6, 6.07) is 7.69. The maximum atomic E-state index is 11.7. The van der Waals surface area contributed by atoms with E-state index in [0.717, 1.165) is 36.3 Å². The molecule has 0 spiro atoms. The summed E-state index contributed by atoms with van der Waals surface area (Å²) in [7, 11) is 3.92. The number of aromatic nitrogens is 2. The van der Waals surface area contributed by atoms with Crippen LogP contribution in [0.5, 0.6) is 0 Å². The van der Waals surface area contributed by atoms with Crippen molar-refractivity contribution < 1.29 is 4.79 Å². The first-order chi connectivity index (χ1) is 13.7. The molecule has 1 saturated heterocycles. The van der Waals surface area contributed by atoms with E-state index in [4.69, 9.17) is 10.7 Å². The van der Waals surface area contributed by atoms with Gasteiger partial charge in [-0.15, -0.1) is 0 Å². The second-order valence-electron chi connectivity index (χ2n) is 9.35. The lowest BCUT2D eigenvalue weighted by Crippen LogP contribution is -2.39. The first-order valence-corrected chi connectivity index (χ1v) is 10.3. The van der Waals surface area contributed by atoms with E-state index in [1.165, 1.54) is 12.8 Å². The summed E-state index contributed by atoms with van der Waals surface area (Å²) in [5, 5.41) is 0. The standard InChI is InChI=1S/C23H33N5O/c1-23(2,3)15-28-12-7-6-11-19(28)20-18(14-25-22(26-20)27(4)5)16-9-8-10-17(13-16)21(24)29/h8-10,13-14,19H,6-7,11-12,15H2,1-5H3,(H2,24,29)/t19-/m0/s1. The Kier molecular flexibility index (Phi) is 6.22.